The van der Waals surface area contributed by atoms with Crippen LogP contribution >= 0.6 is 11.6 Å². The first-order valence-electron chi connectivity index (χ1n) is 7.13. The molecule has 1 aliphatic heterocycles. The molecule has 1 N–H and O–H groups in total. The third-order valence-corrected chi connectivity index (χ3v) is 4.09. The Labute approximate surface area is 129 Å². The van der Waals surface area contributed by atoms with Crippen molar-refractivity contribution in [3.05, 3.63) is 45.0 Å². The molecule has 1 aromatic carbocycles. The Hall–Kier alpha value is -1.59. The standard InChI is InChI=1S/C15H20ClN3O2/c1-3-4-5-8-18-10-12-13(16)6-7-14(19(20)21)15(12)17-9-11(18)2/h4-7,11,17H,3,8-10H2,1-2H3/b5-4-/t11-/m0/s1. The van der Waals surface area contributed by atoms with Gasteiger partial charge >= 0.3 is 0 Å². The molecule has 0 bridgehead atoms. The van der Waals surface area contributed by atoms with Crippen LogP contribution in [-0.4, -0.2) is 29.0 Å². The van der Waals surface area contributed by atoms with Gasteiger partial charge in [-0.25, -0.2) is 0 Å². The number of hydrogen-bond acceptors (Lipinski definition) is 4. The first kappa shape index (κ1) is 15.8. The highest BCUT2D eigenvalue weighted by molar-refractivity contribution is 6.32. The van der Waals surface area contributed by atoms with Crippen molar-refractivity contribution >= 4 is 23.0 Å². The van der Waals surface area contributed by atoms with Crippen LogP contribution in [0.4, 0.5) is 11.4 Å². The Morgan fingerprint density at radius 1 is 1.52 bits per heavy atom. The number of nitro benzene ring substituents is 1. The van der Waals surface area contributed by atoms with E-state index < -0.39 is 0 Å². The van der Waals surface area contributed by atoms with Crippen molar-refractivity contribution in [3.63, 3.8) is 0 Å². The van der Waals surface area contributed by atoms with Gasteiger partial charge < -0.3 is 5.32 Å². The Balaban J connectivity index is 2.34. The maximum absolute atomic E-state index is 11.2. The summed E-state index contributed by atoms with van der Waals surface area (Å²) in [6, 6.07) is 3.34. The van der Waals surface area contributed by atoms with E-state index in [2.05, 4.69) is 36.2 Å². The van der Waals surface area contributed by atoms with E-state index in [1.165, 1.54) is 6.07 Å². The van der Waals surface area contributed by atoms with Crippen molar-refractivity contribution in [2.24, 2.45) is 0 Å². The fourth-order valence-corrected chi connectivity index (χ4v) is 2.69. The predicted octanol–water partition coefficient (Wildman–Crippen LogP) is 3.83. The van der Waals surface area contributed by atoms with Gasteiger partial charge in [-0.05, 0) is 19.4 Å². The highest BCUT2D eigenvalue weighted by atomic mass is 35.5. The lowest BCUT2D eigenvalue weighted by molar-refractivity contribution is -0.384. The molecule has 5 nitrogen and oxygen atoms in total. The number of nitro groups is 1. The van der Waals surface area contributed by atoms with Gasteiger partial charge in [0.1, 0.15) is 5.69 Å². The molecule has 0 spiro atoms. The molecular formula is C15H20ClN3O2. The highest BCUT2D eigenvalue weighted by Gasteiger charge is 2.26. The molecule has 1 aromatic rings. The van der Waals surface area contributed by atoms with Crippen LogP contribution in [0.1, 0.15) is 25.8 Å². The van der Waals surface area contributed by atoms with Crippen LogP contribution in [-0.2, 0) is 6.54 Å². The summed E-state index contributed by atoms with van der Waals surface area (Å²) in [6.45, 7) is 6.29. The zero-order chi connectivity index (χ0) is 15.4. The van der Waals surface area contributed by atoms with Crippen molar-refractivity contribution in [2.45, 2.75) is 32.9 Å². The van der Waals surface area contributed by atoms with Gasteiger partial charge in [-0.3, -0.25) is 15.0 Å². The molecule has 0 saturated heterocycles. The number of nitrogens with zero attached hydrogens (tertiary/aromatic N) is 2. The highest BCUT2D eigenvalue weighted by Crippen LogP contribution is 2.36. The molecule has 0 amide bonds. The first-order valence-corrected chi connectivity index (χ1v) is 7.51. The van der Waals surface area contributed by atoms with E-state index in [0.29, 0.717) is 23.8 Å². The number of nitrogens with one attached hydrogen (secondary N) is 1. The summed E-state index contributed by atoms with van der Waals surface area (Å²) in [5.74, 6) is 0. The molecule has 1 heterocycles. The maximum Gasteiger partial charge on any atom is 0.292 e. The molecule has 0 aliphatic carbocycles. The number of benzene rings is 1. The quantitative estimate of drug-likeness (QED) is 0.521. The van der Waals surface area contributed by atoms with Gasteiger partial charge in [-0.2, -0.15) is 0 Å². The second-order valence-corrected chi connectivity index (χ2v) is 5.62. The zero-order valence-electron chi connectivity index (χ0n) is 12.3. The minimum absolute atomic E-state index is 0.0903. The van der Waals surface area contributed by atoms with Crippen molar-refractivity contribution in [1.29, 1.82) is 0 Å². The van der Waals surface area contributed by atoms with Crippen LogP contribution in [0.25, 0.3) is 0 Å². The Bertz CT molecular complexity index is 560. The third-order valence-electron chi connectivity index (χ3n) is 3.73. The van der Waals surface area contributed by atoms with Crippen molar-refractivity contribution < 1.29 is 4.92 Å². The van der Waals surface area contributed by atoms with E-state index in [0.717, 1.165) is 18.5 Å². The molecule has 1 aliphatic rings. The molecule has 114 valence electrons. The van der Waals surface area contributed by atoms with E-state index in [1.54, 1.807) is 6.07 Å². The van der Waals surface area contributed by atoms with E-state index in [4.69, 9.17) is 11.6 Å². The molecule has 21 heavy (non-hydrogen) atoms. The summed E-state index contributed by atoms with van der Waals surface area (Å²) in [7, 11) is 0. The average molecular weight is 310 g/mol. The largest absolute Gasteiger partial charge is 0.378 e. The molecule has 0 aromatic heterocycles. The van der Waals surface area contributed by atoms with E-state index in [9.17, 15) is 10.1 Å². The number of anilines is 1. The van der Waals surface area contributed by atoms with Gasteiger partial charge in [-0.15, -0.1) is 0 Å². The predicted molar refractivity (Wildman–Crippen MR) is 85.9 cm³/mol. The van der Waals surface area contributed by atoms with E-state index in [1.807, 2.05) is 0 Å². The maximum atomic E-state index is 11.2. The fourth-order valence-electron chi connectivity index (χ4n) is 2.47. The van der Waals surface area contributed by atoms with Crippen LogP contribution in [0.2, 0.25) is 5.02 Å². The molecule has 6 heteroatoms. The lowest BCUT2D eigenvalue weighted by Crippen LogP contribution is -2.35. The van der Waals surface area contributed by atoms with Crippen LogP contribution < -0.4 is 5.32 Å². The van der Waals surface area contributed by atoms with Gasteiger partial charge in [0, 0.05) is 42.3 Å². The normalized spacial score (nSPS) is 19.1. The van der Waals surface area contributed by atoms with Gasteiger partial charge in [0.25, 0.3) is 5.69 Å². The van der Waals surface area contributed by atoms with Gasteiger partial charge in [0.05, 0.1) is 4.92 Å². The monoisotopic (exact) mass is 309 g/mol. The van der Waals surface area contributed by atoms with Crippen LogP contribution in [0.3, 0.4) is 0 Å². The van der Waals surface area contributed by atoms with Crippen LogP contribution in [0.15, 0.2) is 24.3 Å². The topological polar surface area (TPSA) is 58.4 Å². The summed E-state index contributed by atoms with van der Waals surface area (Å²) in [6.07, 6.45) is 5.26. The summed E-state index contributed by atoms with van der Waals surface area (Å²) in [5, 5.41) is 14.9. The minimum atomic E-state index is -0.362. The minimum Gasteiger partial charge on any atom is -0.378 e. The van der Waals surface area contributed by atoms with Crippen molar-refractivity contribution in [2.75, 3.05) is 18.4 Å². The van der Waals surface area contributed by atoms with Crippen LogP contribution in [0.5, 0.6) is 0 Å². The van der Waals surface area contributed by atoms with E-state index in [-0.39, 0.29) is 16.7 Å². The summed E-state index contributed by atoms with van der Waals surface area (Å²) in [4.78, 5) is 13.1. The molecule has 2 rings (SSSR count). The Morgan fingerprint density at radius 3 is 2.95 bits per heavy atom. The Kier molecular flexibility index (Phi) is 5.20. The van der Waals surface area contributed by atoms with Gasteiger partial charge in [0.2, 0.25) is 0 Å². The second kappa shape index (κ2) is 6.91. The van der Waals surface area contributed by atoms with Gasteiger partial charge in [0.15, 0.2) is 0 Å². The Morgan fingerprint density at radius 2 is 2.29 bits per heavy atom. The number of rotatable bonds is 4. The molecule has 0 fully saturated rings. The number of fused-ring (bicyclic) bond motifs is 1. The van der Waals surface area contributed by atoms with Crippen LogP contribution in [0, 0.1) is 10.1 Å². The molecule has 1 atom stereocenters. The SMILES string of the molecule is CC/C=C\CN1Cc2c(Cl)ccc([N+](=O)[O-])c2NC[C@@H]1C. The summed E-state index contributed by atoms with van der Waals surface area (Å²) < 4.78 is 0. The van der Waals surface area contributed by atoms with Crippen molar-refractivity contribution in [1.82, 2.24) is 4.90 Å². The number of allylic oxidation sites excluding steroid dienone is 1. The average Bonchev–Trinajstić information content (AvgIpc) is 2.61. The smallest absolute Gasteiger partial charge is 0.292 e. The fraction of sp³-hybridized carbons (Fsp3) is 0.467. The lowest BCUT2D eigenvalue weighted by atomic mass is 10.1. The number of halogens is 1. The van der Waals surface area contributed by atoms with E-state index >= 15 is 0 Å². The lowest BCUT2D eigenvalue weighted by Gasteiger charge is -2.25. The third kappa shape index (κ3) is 3.54. The second-order valence-electron chi connectivity index (χ2n) is 5.22. The summed E-state index contributed by atoms with van der Waals surface area (Å²) >= 11 is 6.26. The molecule has 0 unspecified atom stereocenters. The zero-order valence-corrected chi connectivity index (χ0v) is 13.1. The molecular weight excluding hydrogens is 290 g/mol. The van der Waals surface area contributed by atoms with Crippen molar-refractivity contribution in [3.8, 4) is 0 Å². The molecule has 0 radical (unpaired) electrons. The number of hydrogen-bond donors (Lipinski definition) is 1. The summed E-state index contributed by atoms with van der Waals surface area (Å²) in [5.41, 5.74) is 1.45. The molecule has 0 saturated carbocycles. The first-order chi connectivity index (χ1) is 10.0. The van der Waals surface area contributed by atoms with Gasteiger partial charge in [-0.1, -0.05) is 30.7 Å².